The zero-order valence-corrected chi connectivity index (χ0v) is 9.49. The maximum atomic E-state index is 11.7. The van der Waals surface area contributed by atoms with Crippen molar-refractivity contribution >= 4 is 6.03 Å². The van der Waals surface area contributed by atoms with Crippen molar-refractivity contribution in [1.82, 2.24) is 10.2 Å². The molecule has 0 radical (unpaired) electrons. The first-order chi connectivity index (χ1) is 7.22. The van der Waals surface area contributed by atoms with Crippen molar-refractivity contribution in [2.75, 3.05) is 13.1 Å². The SMILES string of the molecule is CCN(CC)C(=O)NC1CCCC1C#N. The number of carbonyl (C=O) groups is 1. The maximum absolute atomic E-state index is 11.7. The second-order valence-corrected chi connectivity index (χ2v) is 3.89. The predicted molar refractivity (Wildman–Crippen MR) is 58.2 cm³/mol. The fraction of sp³-hybridized carbons (Fsp3) is 0.818. The first-order valence-electron chi connectivity index (χ1n) is 5.68. The summed E-state index contributed by atoms with van der Waals surface area (Å²) in [5, 5.41) is 11.8. The van der Waals surface area contributed by atoms with Crippen LogP contribution in [0.1, 0.15) is 33.1 Å². The summed E-state index contributed by atoms with van der Waals surface area (Å²) in [4.78, 5) is 13.5. The standard InChI is InChI=1S/C11H19N3O/c1-3-14(4-2)11(15)13-10-7-5-6-9(10)8-12/h9-10H,3-7H2,1-2H3,(H,13,15). The topological polar surface area (TPSA) is 56.1 Å². The molecule has 0 saturated heterocycles. The lowest BCUT2D eigenvalue weighted by Crippen LogP contribution is -2.45. The molecule has 0 aromatic rings. The summed E-state index contributed by atoms with van der Waals surface area (Å²) in [5.74, 6) is 0.00418. The highest BCUT2D eigenvalue weighted by molar-refractivity contribution is 5.74. The number of nitrogens with zero attached hydrogens (tertiary/aromatic N) is 2. The van der Waals surface area contributed by atoms with E-state index in [2.05, 4.69) is 11.4 Å². The van der Waals surface area contributed by atoms with E-state index in [1.54, 1.807) is 4.90 Å². The number of carbonyl (C=O) groups excluding carboxylic acids is 1. The molecular weight excluding hydrogens is 190 g/mol. The van der Waals surface area contributed by atoms with Crippen LogP contribution in [0.2, 0.25) is 0 Å². The highest BCUT2D eigenvalue weighted by Gasteiger charge is 2.29. The number of amides is 2. The van der Waals surface area contributed by atoms with Crippen molar-refractivity contribution in [2.45, 2.75) is 39.2 Å². The average Bonchev–Trinajstić information content (AvgIpc) is 2.67. The Morgan fingerprint density at radius 3 is 2.67 bits per heavy atom. The van der Waals surface area contributed by atoms with Crippen LogP contribution in [-0.4, -0.2) is 30.1 Å². The summed E-state index contributed by atoms with van der Waals surface area (Å²) in [6.45, 7) is 5.34. The van der Waals surface area contributed by atoms with Crippen LogP contribution in [-0.2, 0) is 0 Å². The van der Waals surface area contributed by atoms with Gasteiger partial charge in [-0.15, -0.1) is 0 Å². The van der Waals surface area contributed by atoms with Crippen LogP contribution in [0, 0.1) is 17.2 Å². The highest BCUT2D eigenvalue weighted by Crippen LogP contribution is 2.24. The lowest BCUT2D eigenvalue weighted by atomic mass is 10.1. The van der Waals surface area contributed by atoms with Gasteiger partial charge in [-0.2, -0.15) is 5.26 Å². The van der Waals surface area contributed by atoms with Gasteiger partial charge in [-0.05, 0) is 33.1 Å². The molecule has 0 spiro atoms. The smallest absolute Gasteiger partial charge is 0.317 e. The molecule has 15 heavy (non-hydrogen) atoms. The van der Waals surface area contributed by atoms with Crippen molar-refractivity contribution in [2.24, 2.45) is 5.92 Å². The van der Waals surface area contributed by atoms with Crippen LogP contribution >= 0.6 is 0 Å². The first kappa shape index (κ1) is 11.8. The second kappa shape index (κ2) is 5.59. The van der Waals surface area contributed by atoms with E-state index in [0.29, 0.717) is 13.1 Å². The minimum atomic E-state index is -0.0350. The fourth-order valence-electron chi connectivity index (χ4n) is 2.05. The molecule has 1 saturated carbocycles. The lowest BCUT2D eigenvalue weighted by molar-refractivity contribution is 0.197. The van der Waals surface area contributed by atoms with Crippen LogP contribution in [0.4, 0.5) is 4.79 Å². The third-order valence-electron chi connectivity index (χ3n) is 3.04. The van der Waals surface area contributed by atoms with Crippen molar-refractivity contribution in [3.8, 4) is 6.07 Å². The molecular formula is C11H19N3O. The number of nitriles is 1. The molecule has 1 N–H and O–H groups in total. The Hall–Kier alpha value is -1.24. The quantitative estimate of drug-likeness (QED) is 0.769. The van der Waals surface area contributed by atoms with E-state index in [9.17, 15) is 4.79 Å². The molecule has 4 heteroatoms. The Morgan fingerprint density at radius 1 is 1.47 bits per heavy atom. The zero-order valence-electron chi connectivity index (χ0n) is 9.49. The summed E-state index contributed by atoms with van der Waals surface area (Å²) >= 11 is 0. The molecule has 0 bridgehead atoms. The minimum Gasteiger partial charge on any atom is -0.334 e. The van der Waals surface area contributed by atoms with E-state index in [0.717, 1.165) is 19.3 Å². The third kappa shape index (κ3) is 2.85. The average molecular weight is 209 g/mol. The molecule has 1 fully saturated rings. The predicted octanol–water partition coefficient (Wildman–Crippen LogP) is 1.73. The van der Waals surface area contributed by atoms with Gasteiger partial charge in [0.05, 0.1) is 12.0 Å². The Morgan fingerprint density at radius 2 is 2.13 bits per heavy atom. The van der Waals surface area contributed by atoms with Crippen LogP contribution in [0.25, 0.3) is 0 Å². The molecule has 2 unspecified atom stereocenters. The van der Waals surface area contributed by atoms with Gasteiger partial charge in [0.1, 0.15) is 0 Å². The van der Waals surface area contributed by atoms with Crippen molar-refractivity contribution < 1.29 is 4.79 Å². The molecule has 1 aliphatic carbocycles. The maximum Gasteiger partial charge on any atom is 0.317 e. The number of hydrogen-bond donors (Lipinski definition) is 1. The van der Waals surface area contributed by atoms with E-state index in [1.165, 1.54) is 0 Å². The van der Waals surface area contributed by atoms with Gasteiger partial charge in [0, 0.05) is 19.1 Å². The molecule has 1 aliphatic rings. The highest BCUT2D eigenvalue weighted by atomic mass is 16.2. The van der Waals surface area contributed by atoms with Crippen molar-refractivity contribution in [3.63, 3.8) is 0 Å². The van der Waals surface area contributed by atoms with E-state index in [-0.39, 0.29) is 18.0 Å². The molecule has 4 nitrogen and oxygen atoms in total. The van der Waals surface area contributed by atoms with Gasteiger partial charge >= 0.3 is 6.03 Å². The summed E-state index contributed by atoms with van der Waals surface area (Å²) in [6.07, 6.45) is 2.90. The zero-order chi connectivity index (χ0) is 11.3. The molecule has 0 heterocycles. The van der Waals surface area contributed by atoms with Crippen LogP contribution in [0.5, 0.6) is 0 Å². The summed E-state index contributed by atoms with van der Waals surface area (Å²) in [5.41, 5.74) is 0. The van der Waals surface area contributed by atoms with E-state index < -0.39 is 0 Å². The van der Waals surface area contributed by atoms with Gasteiger partial charge < -0.3 is 10.2 Å². The molecule has 0 aliphatic heterocycles. The Balaban J connectivity index is 2.47. The van der Waals surface area contributed by atoms with E-state index >= 15 is 0 Å². The van der Waals surface area contributed by atoms with E-state index in [1.807, 2.05) is 13.8 Å². The van der Waals surface area contributed by atoms with Gasteiger partial charge in [0.2, 0.25) is 0 Å². The normalized spacial score (nSPS) is 24.6. The minimum absolute atomic E-state index is 0.00418. The summed E-state index contributed by atoms with van der Waals surface area (Å²) in [6, 6.07) is 2.28. The van der Waals surface area contributed by atoms with Gasteiger partial charge in [-0.3, -0.25) is 0 Å². The van der Waals surface area contributed by atoms with Gasteiger partial charge in [-0.25, -0.2) is 4.79 Å². The van der Waals surface area contributed by atoms with Gasteiger partial charge in [0.15, 0.2) is 0 Å². The number of urea groups is 1. The lowest BCUT2D eigenvalue weighted by Gasteiger charge is -2.23. The molecule has 84 valence electrons. The first-order valence-corrected chi connectivity index (χ1v) is 5.68. The van der Waals surface area contributed by atoms with Crippen LogP contribution < -0.4 is 5.32 Å². The molecule has 2 atom stereocenters. The van der Waals surface area contributed by atoms with Crippen LogP contribution in [0.3, 0.4) is 0 Å². The number of rotatable bonds is 3. The summed E-state index contributed by atoms with van der Waals surface area (Å²) in [7, 11) is 0. The molecule has 2 amide bonds. The largest absolute Gasteiger partial charge is 0.334 e. The molecule has 1 rings (SSSR count). The summed E-state index contributed by atoms with van der Waals surface area (Å²) < 4.78 is 0. The van der Waals surface area contributed by atoms with E-state index in [4.69, 9.17) is 5.26 Å². The third-order valence-corrected chi connectivity index (χ3v) is 3.04. The van der Waals surface area contributed by atoms with Crippen molar-refractivity contribution in [1.29, 1.82) is 5.26 Å². The number of hydrogen-bond acceptors (Lipinski definition) is 2. The van der Waals surface area contributed by atoms with Gasteiger partial charge in [0.25, 0.3) is 0 Å². The van der Waals surface area contributed by atoms with Crippen LogP contribution in [0.15, 0.2) is 0 Å². The second-order valence-electron chi connectivity index (χ2n) is 3.89. The van der Waals surface area contributed by atoms with Gasteiger partial charge in [-0.1, -0.05) is 0 Å². The molecule has 0 aromatic carbocycles. The fourth-order valence-corrected chi connectivity index (χ4v) is 2.05. The van der Waals surface area contributed by atoms with Crippen molar-refractivity contribution in [3.05, 3.63) is 0 Å². The Kier molecular flexibility index (Phi) is 4.41. The monoisotopic (exact) mass is 209 g/mol. The molecule has 0 aromatic heterocycles. The Bertz CT molecular complexity index is 255. The number of nitrogens with one attached hydrogen (secondary N) is 1. The Labute approximate surface area is 91.2 Å².